The van der Waals surface area contributed by atoms with Gasteiger partial charge in [-0.25, -0.2) is 4.39 Å². The minimum Gasteiger partial charge on any atom is -0.377 e. The fourth-order valence-corrected chi connectivity index (χ4v) is 2.01. The standard InChI is InChI=1S/C13H12FN5/c14-11-2-1-3-12(10(11)6-15)16-7-13-18-17-8-19(13)9-4-5-9/h1-3,8-9,16H,4-5,7H2. The van der Waals surface area contributed by atoms with Gasteiger partial charge in [0.05, 0.1) is 12.2 Å². The summed E-state index contributed by atoms with van der Waals surface area (Å²) in [5, 5.41) is 19.9. The van der Waals surface area contributed by atoms with E-state index in [1.807, 2.05) is 10.6 Å². The average Bonchev–Trinajstić information content (AvgIpc) is 3.15. The number of benzene rings is 1. The molecule has 1 aliphatic carbocycles. The van der Waals surface area contributed by atoms with Crippen LogP contribution in [0.1, 0.15) is 30.3 Å². The number of halogens is 1. The van der Waals surface area contributed by atoms with Crippen molar-refractivity contribution in [3.8, 4) is 6.07 Å². The van der Waals surface area contributed by atoms with Crippen molar-refractivity contribution >= 4 is 5.69 Å². The monoisotopic (exact) mass is 257 g/mol. The Balaban J connectivity index is 1.77. The van der Waals surface area contributed by atoms with Gasteiger partial charge in [-0.1, -0.05) is 6.07 Å². The zero-order valence-corrected chi connectivity index (χ0v) is 10.2. The van der Waals surface area contributed by atoms with E-state index in [2.05, 4.69) is 15.5 Å². The van der Waals surface area contributed by atoms with Crippen molar-refractivity contribution in [2.24, 2.45) is 0 Å². The molecule has 0 spiro atoms. The fraction of sp³-hybridized carbons (Fsp3) is 0.308. The summed E-state index contributed by atoms with van der Waals surface area (Å²) in [6.45, 7) is 0.425. The van der Waals surface area contributed by atoms with E-state index >= 15 is 0 Å². The number of hydrogen-bond donors (Lipinski definition) is 1. The Morgan fingerprint density at radius 2 is 2.32 bits per heavy atom. The number of hydrogen-bond acceptors (Lipinski definition) is 4. The molecular formula is C13H12FN5. The summed E-state index contributed by atoms with van der Waals surface area (Å²) in [5.41, 5.74) is 0.507. The second kappa shape index (κ2) is 4.69. The Kier molecular flexibility index (Phi) is 2.88. The smallest absolute Gasteiger partial charge is 0.152 e. The first-order valence-electron chi connectivity index (χ1n) is 6.10. The van der Waals surface area contributed by atoms with Crippen molar-refractivity contribution in [1.82, 2.24) is 14.8 Å². The summed E-state index contributed by atoms with van der Waals surface area (Å²) in [6.07, 6.45) is 4.01. The van der Waals surface area contributed by atoms with Gasteiger partial charge in [-0.2, -0.15) is 5.26 Å². The molecule has 0 atom stereocenters. The third kappa shape index (κ3) is 2.27. The van der Waals surface area contributed by atoms with Gasteiger partial charge in [0.2, 0.25) is 0 Å². The lowest BCUT2D eigenvalue weighted by Crippen LogP contribution is -2.08. The van der Waals surface area contributed by atoms with Crippen LogP contribution in [0.3, 0.4) is 0 Å². The lowest BCUT2D eigenvalue weighted by molar-refractivity contribution is 0.624. The molecule has 1 aliphatic rings. The van der Waals surface area contributed by atoms with Crippen molar-refractivity contribution < 1.29 is 4.39 Å². The highest BCUT2D eigenvalue weighted by Gasteiger charge is 2.25. The minimum absolute atomic E-state index is 0.0278. The van der Waals surface area contributed by atoms with Crippen molar-refractivity contribution in [1.29, 1.82) is 5.26 Å². The molecule has 96 valence electrons. The van der Waals surface area contributed by atoms with Crippen LogP contribution in [0.4, 0.5) is 10.1 Å². The molecule has 5 nitrogen and oxygen atoms in total. The Morgan fingerprint density at radius 1 is 1.47 bits per heavy atom. The molecule has 0 bridgehead atoms. The average molecular weight is 257 g/mol. The highest BCUT2D eigenvalue weighted by molar-refractivity contribution is 5.57. The van der Waals surface area contributed by atoms with E-state index in [0.717, 1.165) is 18.7 Å². The lowest BCUT2D eigenvalue weighted by atomic mass is 10.2. The van der Waals surface area contributed by atoms with Gasteiger partial charge in [0, 0.05) is 6.04 Å². The van der Waals surface area contributed by atoms with Gasteiger partial charge < -0.3 is 9.88 Å². The third-order valence-corrected chi connectivity index (χ3v) is 3.15. The predicted molar refractivity (Wildman–Crippen MR) is 66.7 cm³/mol. The van der Waals surface area contributed by atoms with Crippen LogP contribution in [0.15, 0.2) is 24.5 Å². The van der Waals surface area contributed by atoms with Crippen LogP contribution in [0.2, 0.25) is 0 Å². The van der Waals surface area contributed by atoms with E-state index in [1.165, 1.54) is 6.07 Å². The maximum atomic E-state index is 13.4. The number of anilines is 1. The molecule has 1 heterocycles. The van der Waals surface area contributed by atoms with E-state index in [0.29, 0.717) is 18.3 Å². The van der Waals surface area contributed by atoms with Gasteiger partial charge >= 0.3 is 0 Å². The molecule has 0 radical (unpaired) electrons. The minimum atomic E-state index is -0.517. The van der Waals surface area contributed by atoms with Crippen LogP contribution in [-0.2, 0) is 6.54 Å². The summed E-state index contributed by atoms with van der Waals surface area (Å²) in [5.74, 6) is 0.284. The van der Waals surface area contributed by atoms with Crippen LogP contribution in [0, 0.1) is 17.1 Å². The summed E-state index contributed by atoms with van der Waals surface area (Å²) in [6, 6.07) is 6.89. The Labute approximate surface area is 109 Å². The summed E-state index contributed by atoms with van der Waals surface area (Å²) in [7, 11) is 0. The number of aromatic nitrogens is 3. The van der Waals surface area contributed by atoms with Crippen LogP contribution >= 0.6 is 0 Å². The molecule has 0 aliphatic heterocycles. The molecule has 0 unspecified atom stereocenters. The van der Waals surface area contributed by atoms with E-state index in [-0.39, 0.29) is 5.56 Å². The molecule has 1 aromatic heterocycles. The van der Waals surface area contributed by atoms with Crippen LogP contribution in [-0.4, -0.2) is 14.8 Å². The first kappa shape index (κ1) is 11.7. The van der Waals surface area contributed by atoms with Gasteiger partial charge in [0.1, 0.15) is 23.8 Å². The topological polar surface area (TPSA) is 66.5 Å². The van der Waals surface area contributed by atoms with Crippen molar-refractivity contribution in [2.75, 3.05) is 5.32 Å². The van der Waals surface area contributed by atoms with Gasteiger partial charge in [-0.15, -0.1) is 10.2 Å². The molecule has 0 amide bonds. The molecule has 1 aromatic carbocycles. The number of nitrogens with zero attached hydrogens (tertiary/aromatic N) is 4. The third-order valence-electron chi connectivity index (χ3n) is 3.15. The molecule has 19 heavy (non-hydrogen) atoms. The molecule has 0 saturated heterocycles. The lowest BCUT2D eigenvalue weighted by Gasteiger charge is -2.09. The van der Waals surface area contributed by atoms with Gasteiger partial charge in [-0.05, 0) is 25.0 Å². The van der Waals surface area contributed by atoms with Crippen LogP contribution in [0.25, 0.3) is 0 Å². The summed E-state index contributed by atoms with van der Waals surface area (Å²) < 4.78 is 15.5. The van der Waals surface area contributed by atoms with E-state index in [9.17, 15) is 4.39 Å². The number of rotatable bonds is 4. The maximum absolute atomic E-state index is 13.4. The quantitative estimate of drug-likeness (QED) is 0.912. The van der Waals surface area contributed by atoms with Crippen molar-refractivity contribution in [3.63, 3.8) is 0 Å². The van der Waals surface area contributed by atoms with E-state index in [4.69, 9.17) is 5.26 Å². The fourth-order valence-electron chi connectivity index (χ4n) is 2.01. The molecule has 3 rings (SSSR count). The summed E-state index contributed by atoms with van der Waals surface area (Å²) in [4.78, 5) is 0. The van der Waals surface area contributed by atoms with Crippen molar-refractivity contribution in [3.05, 3.63) is 41.7 Å². The SMILES string of the molecule is N#Cc1c(F)cccc1NCc1nncn1C1CC1. The number of nitriles is 1. The normalized spacial score (nSPS) is 14.1. The van der Waals surface area contributed by atoms with Gasteiger partial charge in [0.15, 0.2) is 5.82 Å². The van der Waals surface area contributed by atoms with Crippen LogP contribution in [0.5, 0.6) is 0 Å². The maximum Gasteiger partial charge on any atom is 0.152 e. The van der Waals surface area contributed by atoms with Crippen molar-refractivity contribution in [2.45, 2.75) is 25.4 Å². The first-order chi connectivity index (χ1) is 9.29. The zero-order valence-electron chi connectivity index (χ0n) is 10.2. The molecule has 6 heteroatoms. The molecule has 1 saturated carbocycles. The van der Waals surface area contributed by atoms with Gasteiger partial charge in [-0.3, -0.25) is 0 Å². The predicted octanol–water partition coefficient (Wildman–Crippen LogP) is 2.24. The van der Waals surface area contributed by atoms with Gasteiger partial charge in [0.25, 0.3) is 0 Å². The Morgan fingerprint density at radius 3 is 3.05 bits per heavy atom. The summed E-state index contributed by atoms with van der Waals surface area (Å²) >= 11 is 0. The first-order valence-corrected chi connectivity index (χ1v) is 6.10. The largest absolute Gasteiger partial charge is 0.377 e. The zero-order chi connectivity index (χ0) is 13.2. The molecular weight excluding hydrogens is 245 g/mol. The Bertz CT molecular complexity index is 639. The second-order valence-electron chi connectivity index (χ2n) is 4.51. The highest BCUT2D eigenvalue weighted by Crippen LogP contribution is 2.35. The highest BCUT2D eigenvalue weighted by atomic mass is 19.1. The van der Waals surface area contributed by atoms with E-state index < -0.39 is 5.82 Å². The van der Waals surface area contributed by atoms with E-state index in [1.54, 1.807) is 18.5 Å². The molecule has 1 N–H and O–H groups in total. The molecule has 2 aromatic rings. The Hall–Kier alpha value is -2.42. The second-order valence-corrected chi connectivity index (χ2v) is 4.51. The molecule has 1 fully saturated rings. The van der Waals surface area contributed by atoms with Crippen LogP contribution < -0.4 is 5.32 Å². The number of nitrogens with one attached hydrogen (secondary N) is 1.